The van der Waals surface area contributed by atoms with Gasteiger partial charge in [-0.05, 0) is 17.7 Å². The van der Waals surface area contributed by atoms with Gasteiger partial charge in [0.1, 0.15) is 5.82 Å². The Kier molecular flexibility index (Phi) is 3.96. The molecule has 2 aromatic rings. The van der Waals surface area contributed by atoms with E-state index >= 15 is 0 Å². The SMILES string of the molecule is O=C(c1cn[nH]c1)N1CCOC(Cc2cccc(F)c2)C1. The molecule has 1 saturated heterocycles. The van der Waals surface area contributed by atoms with Crippen LogP contribution in [0.25, 0.3) is 0 Å². The monoisotopic (exact) mass is 289 g/mol. The number of hydrogen-bond donors (Lipinski definition) is 1. The van der Waals surface area contributed by atoms with Crippen molar-refractivity contribution in [3.05, 3.63) is 53.6 Å². The van der Waals surface area contributed by atoms with Crippen molar-refractivity contribution in [1.82, 2.24) is 15.1 Å². The van der Waals surface area contributed by atoms with Crippen LogP contribution < -0.4 is 0 Å². The van der Waals surface area contributed by atoms with Crippen molar-refractivity contribution >= 4 is 5.91 Å². The molecule has 1 aromatic heterocycles. The van der Waals surface area contributed by atoms with Crippen molar-refractivity contribution in [2.45, 2.75) is 12.5 Å². The molecule has 0 aliphatic carbocycles. The molecule has 0 bridgehead atoms. The van der Waals surface area contributed by atoms with Gasteiger partial charge >= 0.3 is 0 Å². The maximum atomic E-state index is 13.2. The summed E-state index contributed by atoms with van der Waals surface area (Å²) in [4.78, 5) is 14.0. The normalized spacial score (nSPS) is 18.7. The van der Waals surface area contributed by atoms with Crippen LogP contribution in [0, 0.1) is 5.82 Å². The van der Waals surface area contributed by atoms with E-state index in [0.717, 1.165) is 5.56 Å². The van der Waals surface area contributed by atoms with Crippen molar-refractivity contribution in [2.75, 3.05) is 19.7 Å². The number of aromatic amines is 1. The van der Waals surface area contributed by atoms with E-state index in [4.69, 9.17) is 4.74 Å². The van der Waals surface area contributed by atoms with Crippen molar-refractivity contribution in [2.24, 2.45) is 0 Å². The van der Waals surface area contributed by atoms with Crippen LogP contribution in [-0.2, 0) is 11.2 Å². The molecule has 0 spiro atoms. The fourth-order valence-electron chi connectivity index (χ4n) is 2.50. The maximum Gasteiger partial charge on any atom is 0.257 e. The van der Waals surface area contributed by atoms with Crippen LogP contribution in [-0.4, -0.2) is 46.8 Å². The van der Waals surface area contributed by atoms with E-state index in [0.29, 0.717) is 31.7 Å². The second kappa shape index (κ2) is 6.05. The van der Waals surface area contributed by atoms with E-state index in [2.05, 4.69) is 10.2 Å². The van der Waals surface area contributed by atoms with Crippen molar-refractivity contribution < 1.29 is 13.9 Å². The lowest BCUT2D eigenvalue weighted by atomic mass is 10.1. The Morgan fingerprint density at radius 3 is 3.19 bits per heavy atom. The second-order valence-electron chi connectivity index (χ2n) is 5.06. The van der Waals surface area contributed by atoms with Gasteiger partial charge < -0.3 is 9.64 Å². The lowest BCUT2D eigenvalue weighted by molar-refractivity contribution is -0.0208. The molecule has 6 heteroatoms. The number of carbonyl (C=O) groups is 1. The van der Waals surface area contributed by atoms with Gasteiger partial charge in [-0.3, -0.25) is 9.89 Å². The summed E-state index contributed by atoms with van der Waals surface area (Å²) in [5.41, 5.74) is 1.42. The number of morpholine rings is 1. The molecule has 0 radical (unpaired) electrons. The van der Waals surface area contributed by atoms with Gasteiger partial charge in [-0.15, -0.1) is 0 Å². The predicted molar refractivity (Wildman–Crippen MR) is 74.3 cm³/mol. The lowest BCUT2D eigenvalue weighted by Gasteiger charge is -2.32. The molecule has 0 saturated carbocycles. The van der Waals surface area contributed by atoms with Gasteiger partial charge in [-0.2, -0.15) is 5.10 Å². The highest BCUT2D eigenvalue weighted by atomic mass is 19.1. The number of benzene rings is 1. The molecule has 1 aromatic carbocycles. The summed E-state index contributed by atoms with van der Waals surface area (Å²) in [5, 5.41) is 6.43. The van der Waals surface area contributed by atoms with Crippen LogP contribution in [0.1, 0.15) is 15.9 Å². The summed E-state index contributed by atoms with van der Waals surface area (Å²) in [7, 11) is 0. The maximum absolute atomic E-state index is 13.2. The third-order valence-electron chi connectivity index (χ3n) is 3.52. The van der Waals surface area contributed by atoms with E-state index in [-0.39, 0.29) is 17.8 Å². The Balaban J connectivity index is 1.64. The van der Waals surface area contributed by atoms with E-state index in [9.17, 15) is 9.18 Å². The highest BCUT2D eigenvalue weighted by Crippen LogP contribution is 2.14. The third kappa shape index (κ3) is 3.28. The minimum Gasteiger partial charge on any atom is -0.374 e. The molecule has 1 N–H and O–H groups in total. The van der Waals surface area contributed by atoms with E-state index in [1.807, 2.05) is 6.07 Å². The Labute approximate surface area is 121 Å². The van der Waals surface area contributed by atoms with Gasteiger partial charge in [0.15, 0.2) is 0 Å². The Bertz CT molecular complexity index is 615. The molecule has 5 nitrogen and oxygen atoms in total. The minimum atomic E-state index is -0.255. The van der Waals surface area contributed by atoms with Crippen LogP contribution in [0.5, 0.6) is 0 Å². The lowest BCUT2D eigenvalue weighted by Crippen LogP contribution is -2.46. The summed E-state index contributed by atoms with van der Waals surface area (Å²) in [6, 6.07) is 6.46. The highest BCUT2D eigenvalue weighted by Gasteiger charge is 2.25. The number of carbonyl (C=O) groups excluding carboxylic acids is 1. The van der Waals surface area contributed by atoms with E-state index < -0.39 is 0 Å². The smallest absolute Gasteiger partial charge is 0.257 e. The summed E-state index contributed by atoms with van der Waals surface area (Å²) in [5.74, 6) is -0.314. The molecule has 21 heavy (non-hydrogen) atoms. The summed E-state index contributed by atoms with van der Waals surface area (Å²) in [6.45, 7) is 1.55. The van der Waals surface area contributed by atoms with E-state index in [1.165, 1.54) is 18.3 Å². The molecule has 2 heterocycles. The van der Waals surface area contributed by atoms with Crippen LogP contribution in [0.15, 0.2) is 36.7 Å². The van der Waals surface area contributed by atoms with Crippen LogP contribution >= 0.6 is 0 Å². The Morgan fingerprint density at radius 2 is 2.43 bits per heavy atom. The summed E-state index contributed by atoms with van der Waals surface area (Å²) < 4.78 is 18.9. The number of nitrogens with one attached hydrogen (secondary N) is 1. The average molecular weight is 289 g/mol. The number of hydrogen-bond acceptors (Lipinski definition) is 3. The quantitative estimate of drug-likeness (QED) is 0.934. The first-order valence-electron chi connectivity index (χ1n) is 6.86. The number of rotatable bonds is 3. The van der Waals surface area contributed by atoms with Crippen molar-refractivity contribution in [3.63, 3.8) is 0 Å². The van der Waals surface area contributed by atoms with Gasteiger partial charge in [0.05, 0.1) is 24.5 Å². The first-order chi connectivity index (χ1) is 10.2. The third-order valence-corrected chi connectivity index (χ3v) is 3.52. The molecular formula is C15H16FN3O2. The van der Waals surface area contributed by atoms with Gasteiger partial charge in [0.2, 0.25) is 0 Å². The van der Waals surface area contributed by atoms with E-state index in [1.54, 1.807) is 17.2 Å². The zero-order valence-electron chi connectivity index (χ0n) is 11.5. The van der Waals surface area contributed by atoms with Crippen molar-refractivity contribution in [1.29, 1.82) is 0 Å². The topological polar surface area (TPSA) is 58.2 Å². The molecule has 110 valence electrons. The van der Waals surface area contributed by atoms with Crippen LogP contribution in [0.4, 0.5) is 4.39 Å². The largest absolute Gasteiger partial charge is 0.374 e. The molecule has 1 aliphatic rings. The van der Waals surface area contributed by atoms with Gasteiger partial charge in [-0.25, -0.2) is 4.39 Å². The van der Waals surface area contributed by atoms with Crippen LogP contribution in [0.3, 0.4) is 0 Å². The first-order valence-corrected chi connectivity index (χ1v) is 6.86. The number of nitrogens with zero attached hydrogens (tertiary/aromatic N) is 2. The standard InChI is InChI=1S/C15H16FN3O2/c16-13-3-1-2-11(6-13)7-14-10-19(4-5-21-14)15(20)12-8-17-18-9-12/h1-3,6,8-9,14H,4-5,7,10H2,(H,17,18). The van der Waals surface area contributed by atoms with Gasteiger partial charge in [-0.1, -0.05) is 12.1 Å². The molecule has 3 rings (SSSR count). The van der Waals surface area contributed by atoms with Gasteiger partial charge in [0.25, 0.3) is 5.91 Å². The first kappa shape index (κ1) is 13.8. The van der Waals surface area contributed by atoms with Crippen molar-refractivity contribution in [3.8, 4) is 0 Å². The predicted octanol–water partition coefficient (Wildman–Crippen LogP) is 1.63. The molecular weight excluding hydrogens is 273 g/mol. The molecule has 1 fully saturated rings. The van der Waals surface area contributed by atoms with Gasteiger partial charge in [0, 0.05) is 25.7 Å². The number of amides is 1. The summed E-state index contributed by atoms with van der Waals surface area (Å²) >= 11 is 0. The average Bonchev–Trinajstić information content (AvgIpc) is 3.01. The number of ether oxygens (including phenoxy) is 1. The Morgan fingerprint density at radius 1 is 1.52 bits per heavy atom. The fraction of sp³-hybridized carbons (Fsp3) is 0.333. The highest BCUT2D eigenvalue weighted by molar-refractivity contribution is 5.93. The number of aromatic nitrogens is 2. The minimum absolute atomic E-state index is 0.0590. The zero-order chi connectivity index (χ0) is 14.7. The van der Waals surface area contributed by atoms with Crippen LogP contribution in [0.2, 0.25) is 0 Å². The molecule has 1 atom stereocenters. The number of halogens is 1. The zero-order valence-corrected chi connectivity index (χ0v) is 11.5. The Hall–Kier alpha value is -2.21. The molecule has 1 unspecified atom stereocenters. The number of H-pyrrole nitrogens is 1. The molecule has 1 amide bonds. The molecule has 1 aliphatic heterocycles. The fourth-order valence-corrected chi connectivity index (χ4v) is 2.50. The second-order valence-corrected chi connectivity index (χ2v) is 5.06. The summed E-state index contributed by atoms with van der Waals surface area (Å²) in [6.07, 6.45) is 3.57.